The fourth-order valence-electron chi connectivity index (χ4n) is 8.72. The van der Waals surface area contributed by atoms with Gasteiger partial charge in [-0.3, -0.25) is 60.7 Å². The molecule has 10 unspecified atom stereocenters. The minimum absolute atomic E-state index is 0.0395. The second kappa shape index (κ2) is 21.3. The summed E-state index contributed by atoms with van der Waals surface area (Å²) < 4.78 is 12.0. The van der Waals surface area contributed by atoms with E-state index in [4.69, 9.17) is 9.31 Å². The van der Waals surface area contributed by atoms with Gasteiger partial charge in [0.25, 0.3) is 11.4 Å². The predicted octanol–water partition coefficient (Wildman–Crippen LogP) is 5.63. The number of benzene rings is 4. The molecule has 20 nitrogen and oxygen atoms in total. The molecule has 4 aromatic carbocycles. The lowest BCUT2D eigenvalue weighted by molar-refractivity contribution is -0.527. The third-order valence-corrected chi connectivity index (χ3v) is 11.6. The average molecular weight is 894 g/mol. The number of nitrogens with one attached hydrogen (secondary N) is 4. The van der Waals surface area contributed by atoms with E-state index in [0.29, 0.717) is 22.3 Å². The van der Waals surface area contributed by atoms with Crippen LogP contribution in [0, 0.1) is 52.3 Å². The van der Waals surface area contributed by atoms with E-state index in [1.807, 2.05) is 27.7 Å². The molecular weight excluding hydrogens is 843 g/mol. The molecule has 0 saturated carbocycles. The van der Waals surface area contributed by atoms with Crippen molar-refractivity contribution in [2.75, 3.05) is 0 Å². The molecule has 0 aliphatic carbocycles. The third-order valence-electron chi connectivity index (χ3n) is 11.6. The highest BCUT2D eigenvalue weighted by atomic mass is 16.6. The van der Waals surface area contributed by atoms with Gasteiger partial charge in [-0.15, -0.1) is 0 Å². The molecule has 2 fully saturated rings. The largest absolute Gasteiger partial charge is 0.491 e. The first kappa shape index (κ1) is 47.8. The van der Waals surface area contributed by atoms with Crippen molar-refractivity contribution >= 4 is 30.9 Å². The zero-order chi connectivity index (χ0) is 46.9. The van der Waals surface area contributed by atoms with Crippen molar-refractivity contribution in [3.8, 4) is 0 Å². The molecule has 2 amide bonds. The van der Waals surface area contributed by atoms with E-state index in [0.717, 1.165) is 7.69 Å². The Morgan fingerprint density at radius 1 is 0.554 bits per heavy atom. The van der Waals surface area contributed by atoms with Crippen molar-refractivity contribution in [3.05, 3.63) is 172 Å². The van der Waals surface area contributed by atoms with Crippen LogP contribution >= 0.6 is 0 Å². The van der Waals surface area contributed by atoms with Gasteiger partial charge in [-0.25, -0.2) is 0 Å². The molecule has 2 aliphatic heterocycles. The van der Waals surface area contributed by atoms with Gasteiger partial charge in [-0.1, -0.05) is 113 Å². The molecular formula is C44H50BN8O12. The molecule has 2 aliphatic rings. The lowest BCUT2D eigenvalue weighted by Crippen LogP contribution is -2.51. The molecule has 0 spiro atoms. The summed E-state index contributed by atoms with van der Waals surface area (Å²) in [5.41, 5.74) is 1.40. The lowest BCUT2D eigenvalue weighted by Gasteiger charge is -2.27. The van der Waals surface area contributed by atoms with E-state index in [1.165, 1.54) is 48.5 Å². The number of rotatable bonds is 20. The van der Waals surface area contributed by atoms with Crippen LogP contribution in [0.4, 0.5) is 11.4 Å². The minimum atomic E-state index is -1.34. The highest BCUT2D eigenvalue weighted by Gasteiger charge is 2.56. The van der Waals surface area contributed by atoms with Gasteiger partial charge in [0.05, 0.1) is 21.7 Å². The first-order valence-electron chi connectivity index (χ1n) is 21.1. The molecule has 0 aromatic heterocycles. The van der Waals surface area contributed by atoms with Crippen LogP contribution in [0.1, 0.15) is 86.7 Å². The zero-order valence-corrected chi connectivity index (χ0v) is 36.0. The highest BCUT2D eigenvalue weighted by Crippen LogP contribution is 2.42. The number of carbonyl (C=O) groups excluding carboxylic acids is 2. The van der Waals surface area contributed by atoms with Crippen molar-refractivity contribution in [2.24, 2.45) is 11.8 Å². The summed E-state index contributed by atoms with van der Waals surface area (Å²) in [4.78, 5) is 74.9. The van der Waals surface area contributed by atoms with E-state index in [1.54, 1.807) is 60.7 Å². The maximum absolute atomic E-state index is 14.3. The summed E-state index contributed by atoms with van der Waals surface area (Å²) in [5, 5.41) is 60.4. The smallest absolute Gasteiger partial charge is 0.393 e. The standard InChI is InChI=1S/C44H50BN8O12/c1-25(2)23-33(46-43(54)39-35(27-15-19-31(20-16-27)50(56)57)41(52(60)61)37(48-39)29-11-7-5-8-12-29)64-45-65-34(24-26(3)4)47-44(55)40-36(28-17-21-32(22-18-28)51(58)59)42(53(62)63)38(49-40)30-13-9-6-10-14-30/h5-22,25-26,33-42,48-49H,23-24H2,1-4H3,(H,46,54)(H,47,55). The van der Waals surface area contributed by atoms with Crippen molar-refractivity contribution in [3.63, 3.8) is 0 Å². The van der Waals surface area contributed by atoms with Gasteiger partial charge in [0.15, 0.2) is 0 Å². The number of carbonyl (C=O) groups is 2. The molecule has 4 aromatic rings. The molecule has 1 radical (unpaired) electrons. The van der Waals surface area contributed by atoms with Crippen molar-refractivity contribution < 1.29 is 38.6 Å². The second-order valence-corrected chi connectivity index (χ2v) is 17.0. The number of nitrogens with zero attached hydrogens (tertiary/aromatic N) is 4. The van der Waals surface area contributed by atoms with Gasteiger partial charge in [0.2, 0.25) is 23.9 Å². The number of hydrogen-bond donors (Lipinski definition) is 4. The van der Waals surface area contributed by atoms with Crippen molar-refractivity contribution in [2.45, 2.75) is 101 Å². The van der Waals surface area contributed by atoms with Crippen LogP contribution in [0.5, 0.6) is 0 Å². The number of amides is 2. The Bertz CT molecular complexity index is 2150. The lowest BCUT2D eigenvalue weighted by atomic mass is 9.85. The van der Waals surface area contributed by atoms with Gasteiger partial charge in [0.1, 0.15) is 36.6 Å². The summed E-state index contributed by atoms with van der Waals surface area (Å²) in [6.07, 6.45) is -1.54. The van der Waals surface area contributed by atoms with E-state index in [2.05, 4.69) is 21.3 Å². The van der Waals surface area contributed by atoms with Gasteiger partial charge in [-0.05, 0) is 46.9 Å². The van der Waals surface area contributed by atoms with E-state index >= 15 is 0 Å². The predicted molar refractivity (Wildman–Crippen MR) is 236 cm³/mol. The number of non-ortho nitro benzene ring substituents is 2. The monoisotopic (exact) mass is 893 g/mol. The maximum Gasteiger partial charge on any atom is 0.491 e. The number of nitro groups is 4. The summed E-state index contributed by atoms with van der Waals surface area (Å²) in [5.74, 6) is -3.47. The normalized spacial score (nSPS) is 23.7. The Hall–Kier alpha value is -6.68. The molecule has 4 N–H and O–H groups in total. The Balaban J connectivity index is 1.21. The van der Waals surface area contributed by atoms with Gasteiger partial charge in [-0.2, -0.15) is 0 Å². The maximum atomic E-state index is 14.3. The van der Waals surface area contributed by atoms with Gasteiger partial charge in [0, 0.05) is 34.1 Å². The summed E-state index contributed by atoms with van der Waals surface area (Å²) >= 11 is 0. The van der Waals surface area contributed by atoms with Crippen molar-refractivity contribution in [1.82, 2.24) is 21.3 Å². The van der Waals surface area contributed by atoms with E-state index in [9.17, 15) is 50.0 Å². The first-order chi connectivity index (χ1) is 31.0. The molecule has 10 atom stereocenters. The van der Waals surface area contributed by atoms with E-state index in [-0.39, 0.29) is 36.1 Å². The molecule has 2 saturated heterocycles. The third kappa shape index (κ3) is 11.5. The number of hydrogen-bond acceptors (Lipinski definition) is 14. The zero-order valence-electron chi connectivity index (χ0n) is 36.0. The SMILES string of the molecule is CC(C)CC(NC(=O)C1NC(c2ccccc2)C([N+](=O)[O-])C1c1ccc([N+](=O)[O-])cc1)O[B]OC(CC(C)C)NC(=O)C1NC(c2ccccc2)C([N+](=O)[O-])C1c1ccc([N+](=O)[O-])cc1. The van der Waals surface area contributed by atoms with Crippen LogP contribution in [-0.4, -0.2) is 75.8 Å². The topological polar surface area (TPSA) is 273 Å². The summed E-state index contributed by atoms with van der Waals surface area (Å²) in [6, 6.07) is 21.0. The molecule has 6 rings (SSSR count). The Morgan fingerprint density at radius 2 is 0.892 bits per heavy atom. The first-order valence-corrected chi connectivity index (χ1v) is 21.1. The fraction of sp³-hybridized carbons (Fsp3) is 0.409. The van der Waals surface area contributed by atoms with Crippen molar-refractivity contribution in [1.29, 1.82) is 0 Å². The molecule has 0 bridgehead atoms. The minimum Gasteiger partial charge on any atom is -0.393 e. The van der Waals surface area contributed by atoms with Crippen LogP contribution in [0.2, 0.25) is 0 Å². The van der Waals surface area contributed by atoms with Crippen LogP contribution < -0.4 is 21.3 Å². The highest BCUT2D eigenvalue weighted by molar-refractivity contribution is 6.18. The summed E-state index contributed by atoms with van der Waals surface area (Å²) in [6.45, 7) is 7.57. The van der Waals surface area contributed by atoms with Crippen LogP contribution in [0.3, 0.4) is 0 Å². The molecule has 341 valence electrons. The van der Waals surface area contributed by atoms with E-state index < -0.39 is 92.1 Å². The molecule has 21 heteroatoms. The Morgan fingerprint density at radius 3 is 1.18 bits per heavy atom. The molecule has 2 heterocycles. The fourth-order valence-corrected chi connectivity index (χ4v) is 8.72. The quantitative estimate of drug-likeness (QED) is 0.0362. The van der Waals surface area contributed by atoms with Gasteiger partial charge < -0.3 is 19.9 Å². The Labute approximate surface area is 374 Å². The second-order valence-electron chi connectivity index (χ2n) is 17.0. The van der Waals surface area contributed by atoms with Crippen LogP contribution in [-0.2, 0) is 18.9 Å². The van der Waals surface area contributed by atoms with Crippen LogP contribution in [0.15, 0.2) is 109 Å². The number of nitro benzene ring substituents is 2. The Kier molecular flexibility index (Phi) is 15.7. The van der Waals surface area contributed by atoms with Crippen LogP contribution in [0.25, 0.3) is 0 Å². The molecule has 65 heavy (non-hydrogen) atoms. The average Bonchev–Trinajstić information content (AvgIpc) is 3.88. The van der Waals surface area contributed by atoms with Gasteiger partial charge >= 0.3 is 7.69 Å². The summed E-state index contributed by atoms with van der Waals surface area (Å²) in [7, 11) is 0.992.